The number of hydrogen-bond acceptors (Lipinski definition) is 10. The minimum Gasteiger partial charge on any atom is -0.322 e. The highest BCUT2D eigenvalue weighted by Crippen LogP contribution is 2.19. The van der Waals surface area contributed by atoms with Crippen molar-refractivity contribution in [2.75, 3.05) is 0 Å². The summed E-state index contributed by atoms with van der Waals surface area (Å²) in [7, 11) is 0. The van der Waals surface area contributed by atoms with Gasteiger partial charge in [0.15, 0.2) is 46.6 Å². The third-order valence-electron chi connectivity index (χ3n) is 3.05. The van der Waals surface area contributed by atoms with Crippen molar-refractivity contribution in [3.63, 3.8) is 0 Å². The van der Waals surface area contributed by atoms with Crippen molar-refractivity contribution in [2.45, 2.75) is 0 Å². The van der Waals surface area contributed by atoms with E-state index in [1.165, 1.54) is 0 Å². The highest BCUT2D eigenvalue weighted by Gasteiger charge is 2.20. The summed E-state index contributed by atoms with van der Waals surface area (Å²) in [4.78, 5) is 34.0. The van der Waals surface area contributed by atoms with E-state index in [9.17, 15) is 0 Å². The van der Waals surface area contributed by atoms with Crippen LogP contribution in [0.4, 0.5) is 0 Å². The summed E-state index contributed by atoms with van der Waals surface area (Å²) in [6.07, 6.45) is 6.35. The van der Waals surface area contributed by atoms with Gasteiger partial charge in [-0.25, -0.2) is 39.9 Å². The average Bonchev–Trinajstić information content (AvgIpc) is 3.24. The molecule has 0 spiro atoms. The van der Waals surface area contributed by atoms with E-state index in [1.807, 2.05) is 0 Å². The van der Waals surface area contributed by atoms with Gasteiger partial charge in [0.2, 0.25) is 0 Å². The molecule has 104 valence electrons. The average molecular weight is 290 g/mol. The molecule has 10 heteroatoms. The maximum absolute atomic E-state index is 4.32. The van der Waals surface area contributed by atoms with Gasteiger partial charge in [-0.3, -0.25) is 0 Å². The Kier molecular flexibility index (Phi) is 2.01. The lowest BCUT2D eigenvalue weighted by atomic mass is 10.5. The molecule has 0 unspecified atom stereocenters. The molecule has 5 rings (SSSR count). The lowest BCUT2D eigenvalue weighted by Crippen LogP contribution is -2.30. The molecule has 2 N–H and O–H groups in total. The minimum atomic E-state index is 0.432. The zero-order chi connectivity index (χ0) is 14.5. The molecule has 0 atom stereocenters. The Hall–Kier alpha value is -3.56. The van der Waals surface area contributed by atoms with Crippen molar-refractivity contribution in [3.8, 4) is 0 Å². The van der Waals surface area contributed by atoms with Crippen LogP contribution in [0, 0.1) is 0 Å². The largest absolute Gasteiger partial charge is 0.322 e. The second-order valence-electron chi connectivity index (χ2n) is 4.57. The van der Waals surface area contributed by atoms with Gasteiger partial charge in [0.1, 0.15) is 0 Å². The Morgan fingerprint density at radius 2 is 0.727 bits per heavy atom. The van der Waals surface area contributed by atoms with E-state index < -0.39 is 0 Å². The quantitative estimate of drug-likeness (QED) is 0.616. The molecular formula is C12H6N10. The predicted octanol–water partition coefficient (Wildman–Crippen LogP) is -0.636. The number of rotatable bonds is 0. The number of fused-ring (bicyclic) bond motifs is 4. The van der Waals surface area contributed by atoms with Crippen molar-refractivity contribution in [1.82, 2.24) is 10.6 Å². The van der Waals surface area contributed by atoms with Crippen molar-refractivity contribution >= 4 is 48.2 Å². The van der Waals surface area contributed by atoms with Gasteiger partial charge >= 0.3 is 0 Å². The van der Waals surface area contributed by atoms with E-state index in [4.69, 9.17) is 0 Å². The summed E-state index contributed by atoms with van der Waals surface area (Å²) < 4.78 is 0. The van der Waals surface area contributed by atoms with E-state index in [2.05, 4.69) is 50.6 Å². The fraction of sp³-hybridized carbons (Fsp3) is 0. The normalized spacial score (nSPS) is 23.3. The zero-order valence-corrected chi connectivity index (χ0v) is 10.9. The van der Waals surface area contributed by atoms with E-state index in [1.54, 1.807) is 24.9 Å². The number of nitrogens with one attached hydrogen (secondary N) is 2. The molecule has 22 heavy (non-hydrogen) atoms. The fourth-order valence-electron chi connectivity index (χ4n) is 2.11. The van der Waals surface area contributed by atoms with Crippen molar-refractivity contribution in [1.29, 1.82) is 0 Å². The van der Waals surface area contributed by atoms with E-state index in [0.717, 1.165) is 0 Å². The van der Waals surface area contributed by atoms with Gasteiger partial charge in [-0.05, 0) is 0 Å². The summed E-state index contributed by atoms with van der Waals surface area (Å²) in [6.45, 7) is 0. The molecule has 0 aromatic carbocycles. The molecule has 0 saturated carbocycles. The molecule has 8 bridgehead atoms. The number of hydrogen-bond donors (Lipinski definition) is 2. The molecule has 0 radical (unpaired) electrons. The highest BCUT2D eigenvalue weighted by atomic mass is 15.2. The van der Waals surface area contributed by atoms with Crippen molar-refractivity contribution in [2.24, 2.45) is 39.9 Å². The predicted molar refractivity (Wildman–Crippen MR) is 84.0 cm³/mol. The van der Waals surface area contributed by atoms with Crippen LogP contribution in [-0.4, -0.2) is 48.2 Å². The Morgan fingerprint density at radius 3 is 1.00 bits per heavy atom. The Labute approximate surface area is 123 Å². The van der Waals surface area contributed by atoms with Crippen LogP contribution in [0.3, 0.4) is 0 Å². The van der Waals surface area contributed by atoms with E-state index in [0.29, 0.717) is 46.6 Å². The highest BCUT2D eigenvalue weighted by molar-refractivity contribution is 6.44. The van der Waals surface area contributed by atoms with Crippen molar-refractivity contribution < 1.29 is 0 Å². The molecule has 0 amide bonds. The first-order valence-corrected chi connectivity index (χ1v) is 6.37. The van der Waals surface area contributed by atoms with Crippen LogP contribution in [0.25, 0.3) is 0 Å². The summed E-state index contributed by atoms with van der Waals surface area (Å²) >= 11 is 0. The van der Waals surface area contributed by atoms with Crippen LogP contribution in [0.5, 0.6) is 0 Å². The SMILES string of the molecule is C1=NC2=C3N=CC(=N3)NC3=NC(=C4N=CC(=N4)NC1=N2)N=C3. The van der Waals surface area contributed by atoms with Gasteiger partial charge in [-0.15, -0.1) is 0 Å². The van der Waals surface area contributed by atoms with Crippen LogP contribution in [0.1, 0.15) is 0 Å². The molecule has 0 saturated heterocycles. The second kappa shape index (κ2) is 3.97. The summed E-state index contributed by atoms with van der Waals surface area (Å²) in [6, 6.07) is 0. The lowest BCUT2D eigenvalue weighted by molar-refractivity contribution is 1.11. The summed E-state index contributed by atoms with van der Waals surface area (Å²) in [5.74, 6) is 3.90. The number of amidine groups is 4. The molecule has 5 aliphatic rings. The molecule has 0 aliphatic carbocycles. The first-order chi connectivity index (χ1) is 10.8. The third-order valence-corrected chi connectivity index (χ3v) is 3.05. The molecule has 5 aliphatic heterocycles. The van der Waals surface area contributed by atoms with E-state index >= 15 is 0 Å². The summed E-state index contributed by atoms with van der Waals surface area (Å²) in [5, 5.41) is 6.05. The molecule has 0 fully saturated rings. The van der Waals surface area contributed by atoms with Crippen LogP contribution in [0.15, 0.2) is 63.2 Å². The summed E-state index contributed by atoms with van der Waals surface area (Å²) in [5.41, 5.74) is 0. The van der Waals surface area contributed by atoms with Gasteiger partial charge < -0.3 is 10.6 Å². The van der Waals surface area contributed by atoms with Gasteiger partial charge in [0, 0.05) is 0 Å². The minimum absolute atomic E-state index is 0.432. The molecule has 0 aromatic heterocycles. The molecule has 5 heterocycles. The Bertz CT molecular complexity index is 768. The van der Waals surface area contributed by atoms with Crippen LogP contribution in [-0.2, 0) is 0 Å². The van der Waals surface area contributed by atoms with Crippen molar-refractivity contribution in [3.05, 3.63) is 23.3 Å². The fourth-order valence-corrected chi connectivity index (χ4v) is 2.11. The van der Waals surface area contributed by atoms with Crippen LogP contribution in [0.2, 0.25) is 0 Å². The standard InChI is InChI=1S/C12H6N10/c1-5-17-6-2-15-11(20-6)12-16-4-8(22-12)18-7-3-14-10(21-7)9(13-1)19-5/h1-4H,(H,13,15,17,19,20)(H,14,16,18,21,22). The molecule has 0 aromatic rings. The first-order valence-electron chi connectivity index (χ1n) is 6.37. The van der Waals surface area contributed by atoms with E-state index in [-0.39, 0.29) is 0 Å². The Morgan fingerprint density at radius 1 is 0.455 bits per heavy atom. The maximum Gasteiger partial charge on any atom is 0.199 e. The first kappa shape index (κ1) is 11.1. The molecular weight excluding hydrogens is 284 g/mol. The lowest BCUT2D eigenvalue weighted by Gasteiger charge is -1.99. The third kappa shape index (κ3) is 1.67. The topological polar surface area (TPSA) is 123 Å². The maximum atomic E-state index is 4.32. The van der Waals surface area contributed by atoms with Gasteiger partial charge in [0.25, 0.3) is 0 Å². The smallest absolute Gasteiger partial charge is 0.199 e. The van der Waals surface area contributed by atoms with Gasteiger partial charge in [-0.2, -0.15) is 0 Å². The van der Waals surface area contributed by atoms with Crippen LogP contribution < -0.4 is 10.6 Å². The number of nitrogens with zero attached hydrogens (tertiary/aromatic N) is 8. The Balaban J connectivity index is 1.67. The van der Waals surface area contributed by atoms with Gasteiger partial charge in [0.05, 0.1) is 24.9 Å². The number of aliphatic imine (C=N–C) groups is 8. The monoisotopic (exact) mass is 290 g/mol. The van der Waals surface area contributed by atoms with Crippen LogP contribution >= 0.6 is 0 Å². The zero-order valence-electron chi connectivity index (χ0n) is 10.9. The molecule has 10 nitrogen and oxygen atoms in total. The van der Waals surface area contributed by atoms with Gasteiger partial charge in [-0.1, -0.05) is 0 Å². The second-order valence-corrected chi connectivity index (χ2v) is 4.57.